The fourth-order valence-electron chi connectivity index (χ4n) is 2.63. The Morgan fingerprint density at radius 3 is 2.62 bits per heavy atom. The Balaban J connectivity index is 1.70. The zero-order chi connectivity index (χ0) is 17.6. The Morgan fingerprint density at radius 2 is 2.00 bits per heavy atom. The average Bonchev–Trinajstić information content (AvgIpc) is 2.89. The number of sulfone groups is 1. The Bertz CT molecular complexity index is 675. The maximum atomic E-state index is 11.8. The molecule has 8 heteroatoms. The van der Waals surface area contributed by atoms with Crippen molar-refractivity contribution in [3.05, 3.63) is 23.8 Å². The molecule has 134 valence electrons. The molecule has 0 bridgehead atoms. The molecule has 1 fully saturated rings. The highest BCUT2D eigenvalue weighted by Crippen LogP contribution is 2.27. The average molecular weight is 356 g/mol. The fraction of sp³-hybridized carbons (Fsp3) is 0.562. The number of methoxy groups -OCH3 is 2. The van der Waals surface area contributed by atoms with Crippen LogP contribution < -0.4 is 20.1 Å². The highest BCUT2D eigenvalue weighted by atomic mass is 32.2. The van der Waals surface area contributed by atoms with Crippen LogP contribution >= 0.6 is 0 Å². The van der Waals surface area contributed by atoms with Crippen LogP contribution in [0.15, 0.2) is 18.2 Å². The first-order valence-corrected chi connectivity index (χ1v) is 9.67. The van der Waals surface area contributed by atoms with E-state index in [1.54, 1.807) is 14.2 Å². The van der Waals surface area contributed by atoms with Crippen LogP contribution in [-0.2, 0) is 21.2 Å². The number of carbonyl (C=O) groups is 1. The van der Waals surface area contributed by atoms with Gasteiger partial charge in [-0.2, -0.15) is 0 Å². The Labute approximate surface area is 142 Å². The minimum Gasteiger partial charge on any atom is -0.493 e. The van der Waals surface area contributed by atoms with Crippen molar-refractivity contribution in [3.63, 3.8) is 0 Å². The molecule has 0 saturated carbocycles. The summed E-state index contributed by atoms with van der Waals surface area (Å²) in [6.45, 7) is 1.12. The lowest BCUT2D eigenvalue weighted by atomic mass is 10.2. The van der Waals surface area contributed by atoms with Crippen molar-refractivity contribution in [2.75, 3.05) is 32.3 Å². The van der Waals surface area contributed by atoms with Gasteiger partial charge in [0.15, 0.2) is 21.3 Å². The van der Waals surface area contributed by atoms with E-state index in [9.17, 15) is 13.2 Å². The Kier molecular flexibility index (Phi) is 6.44. The van der Waals surface area contributed by atoms with Gasteiger partial charge in [-0.3, -0.25) is 4.79 Å². The summed E-state index contributed by atoms with van der Waals surface area (Å²) in [5, 5.41) is 5.96. The van der Waals surface area contributed by atoms with Crippen molar-refractivity contribution in [1.29, 1.82) is 0 Å². The number of nitrogens with one attached hydrogen (secondary N) is 2. The number of hydrogen-bond donors (Lipinski definition) is 2. The van der Waals surface area contributed by atoms with Crippen LogP contribution in [0.4, 0.5) is 0 Å². The highest BCUT2D eigenvalue weighted by Gasteiger charge is 2.28. The SMILES string of the molecule is COc1ccc(CNCCC(=O)NC2CCS(=O)(=O)C2)cc1OC. The van der Waals surface area contributed by atoms with Crippen molar-refractivity contribution in [3.8, 4) is 11.5 Å². The van der Waals surface area contributed by atoms with E-state index in [0.29, 0.717) is 37.4 Å². The normalized spacial score (nSPS) is 19.0. The van der Waals surface area contributed by atoms with Crippen molar-refractivity contribution in [2.24, 2.45) is 0 Å². The number of benzene rings is 1. The fourth-order valence-corrected chi connectivity index (χ4v) is 4.31. The van der Waals surface area contributed by atoms with Crippen LogP contribution in [0.25, 0.3) is 0 Å². The van der Waals surface area contributed by atoms with E-state index in [0.717, 1.165) is 5.56 Å². The first-order valence-electron chi connectivity index (χ1n) is 7.85. The first kappa shape index (κ1) is 18.5. The predicted molar refractivity (Wildman–Crippen MR) is 91.1 cm³/mol. The first-order chi connectivity index (χ1) is 11.4. The van der Waals surface area contributed by atoms with E-state index in [1.807, 2.05) is 18.2 Å². The predicted octanol–water partition coefficient (Wildman–Crippen LogP) is 0.487. The second kappa shape index (κ2) is 8.34. The molecule has 0 aromatic heterocycles. The molecule has 1 aromatic rings. The third-order valence-electron chi connectivity index (χ3n) is 3.90. The lowest BCUT2D eigenvalue weighted by Gasteiger charge is -2.12. The number of amides is 1. The second-order valence-electron chi connectivity index (χ2n) is 5.78. The molecular formula is C16H24N2O5S. The zero-order valence-corrected chi connectivity index (χ0v) is 14.8. The van der Waals surface area contributed by atoms with Crippen LogP contribution in [0, 0.1) is 0 Å². The lowest BCUT2D eigenvalue weighted by molar-refractivity contribution is -0.121. The van der Waals surface area contributed by atoms with Gasteiger partial charge in [-0.25, -0.2) is 8.42 Å². The van der Waals surface area contributed by atoms with E-state index in [4.69, 9.17) is 9.47 Å². The molecule has 1 unspecified atom stereocenters. The Morgan fingerprint density at radius 1 is 1.25 bits per heavy atom. The van der Waals surface area contributed by atoms with Gasteiger partial charge in [0.05, 0.1) is 25.7 Å². The summed E-state index contributed by atoms with van der Waals surface area (Å²) in [4.78, 5) is 11.8. The summed E-state index contributed by atoms with van der Waals surface area (Å²) in [7, 11) is 0.206. The summed E-state index contributed by atoms with van der Waals surface area (Å²) in [5.74, 6) is 1.42. The zero-order valence-electron chi connectivity index (χ0n) is 14.0. The van der Waals surface area contributed by atoms with Crippen LogP contribution in [-0.4, -0.2) is 52.6 Å². The van der Waals surface area contributed by atoms with Gasteiger partial charge in [0.25, 0.3) is 0 Å². The minimum absolute atomic E-state index is 0.0534. The molecule has 7 nitrogen and oxygen atoms in total. The second-order valence-corrected chi connectivity index (χ2v) is 8.01. The molecule has 24 heavy (non-hydrogen) atoms. The number of carbonyl (C=O) groups excluding carboxylic acids is 1. The third-order valence-corrected chi connectivity index (χ3v) is 5.67. The van der Waals surface area contributed by atoms with Gasteiger partial charge in [-0.15, -0.1) is 0 Å². The van der Waals surface area contributed by atoms with Crippen LogP contribution in [0.3, 0.4) is 0 Å². The molecular weight excluding hydrogens is 332 g/mol. The smallest absolute Gasteiger partial charge is 0.221 e. The summed E-state index contributed by atoms with van der Waals surface area (Å²) in [6, 6.07) is 5.41. The molecule has 0 spiro atoms. The quantitative estimate of drug-likeness (QED) is 0.659. The van der Waals surface area contributed by atoms with Crippen LogP contribution in [0.5, 0.6) is 11.5 Å². The standard InChI is InChI=1S/C16H24N2O5S/c1-22-14-4-3-12(9-15(14)23-2)10-17-7-5-16(19)18-13-6-8-24(20,21)11-13/h3-4,9,13,17H,5-8,10-11H2,1-2H3,(H,18,19). The molecule has 1 heterocycles. The topological polar surface area (TPSA) is 93.7 Å². The molecule has 2 N–H and O–H groups in total. The van der Waals surface area contributed by atoms with E-state index in [1.165, 1.54) is 0 Å². The van der Waals surface area contributed by atoms with E-state index in [2.05, 4.69) is 10.6 Å². The van der Waals surface area contributed by atoms with E-state index >= 15 is 0 Å². The number of rotatable bonds is 8. The van der Waals surface area contributed by atoms with Gasteiger partial charge in [-0.1, -0.05) is 6.07 Å². The third kappa shape index (κ3) is 5.38. The molecule has 1 aromatic carbocycles. The maximum absolute atomic E-state index is 11.8. The van der Waals surface area contributed by atoms with Gasteiger partial charge >= 0.3 is 0 Å². The molecule has 1 aliphatic heterocycles. The molecule has 1 atom stereocenters. The molecule has 0 radical (unpaired) electrons. The van der Waals surface area contributed by atoms with Crippen molar-refractivity contribution in [1.82, 2.24) is 10.6 Å². The van der Waals surface area contributed by atoms with Gasteiger partial charge in [0.1, 0.15) is 0 Å². The van der Waals surface area contributed by atoms with E-state index < -0.39 is 9.84 Å². The van der Waals surface area contributed by atoms with Crippen LogP contribution in [0.2, 0.25) is 0 Å². The summed E-state index contributed by atoms with van der Waals surface area (Å²) in [6.07, 6.45) is 0.816. The van der Waals surface area contributed by atoms with Crippen molar-refractivity contribution < 1.29 is 22.7 Å². The molecule has 1 saturated heterocycles. The molecule has 1 amide bonds. The Hall–Kier alpha value is -1.80. The molecule has 1 aliphatic rings. The maximum Gasteiger partial charge on any atom is 0.221 e. The van der Waals surface area contributed by atoms with Gasteiger partial charge in [0, 0.05) is 25.6 Å². The van der Waals surface area contributed by atoms with Crippen molar-refractivity contribution >= 4 is 15.7 Å². The number of ether oxygens (including phenoxy) is 2. The summed E-state index contributed by atoms with van der Waals surface area (Å²) < 4.78 is 33.1. The largest absolute Gasteiger partial charge is 0.493 e. The van der Waals surface area contributed by atoms with Gasteiger partial charge in [-0.05, 0) is 24.1 Å². The van der Waals surface area contributed by atoms with Crippen molar-refractivity contribution in [2.45, 2.75) is 25.4 Å². The van der Waals surface area contributed by atoms with Gasteiger partial charge < -0.3 is 20.1 Å². The molecule has 2 rings (SSSR count). The van der Waals surface area contributed by atoms with E-state index in [-0.39, 0.29) is 23.5 Å². The summed E-state index contributed by atoms with van der Waals surface area (Å²) >= 11 is 0. The minimum atomic E-state index is -2.97. The molecule has 0 aliphatic carbocycles. The number of hydrogen-bond acceptors (Lipinski definition) is 6. The van der Waals surface area contributed by atoms with Gasteiger partial charge in [0.2, 0.25) is 5.91 Å². The monoisotopic (exact) mass is 356 g/mol. The highest BCUT2D eigenvalue weighted by molar-refractivity contribution is 7.91. The summed E-state index contributed by atoms with van der Waals surface area (Å²) in [5.41, 5.74) is 1.02. The lowest BCUT2D eigenvalue weighted by Crippen LogP contribution is -2.37. The van der Waals surface area contributed by atoms with Crippen LogP contribution in [0.1, 0.15) is 18.4 Å².